The molecule has 1 aliphatic rings. The van der Waals surface area contributed by atoms with E-state index in [4.69, 9.17) is 4.74 Å². The number of thioether (sulfide) groups is 1. The highest BCUT2D eigenvalue weighted by molar-refractivity contribution is 7.98. The summed E-state index contributed by atoms with van der Waals surface area (Å²) in [6, 6.07) is 0.647. The lowest BCUT2D eigenvalue weighted by atomic mass is 9.61. The predicted molar refractivity (Wildman–Crippen MR) is 77.8 cm³/mol. The molecule has 0 aromatic heterocycles. The molecule has 2 nitrogen and oxygen atoms in total. The molecule has 17 heavy (non-hydrogen) atoms. The Morgan fingerprint density at radius 2 is 2.18 bits per heavy atom. The highest BCUT2D eigenvalue weighted by atomic mass is 32.2. The molecular formula is C14H29NOS. The summed E-state index contributed by atoms with van der Waals surface area (Å²) in [7, 11) is 0. The van der Waals surface area contributed by atoms with Crippen molar-refractivity contribution in [2.45, 2.75) is 52.7 Å². The fourth-order valence-corrected chi connectivity index (χ4v) is 3.44. The van der Waals surface area contributed by atoms with Gasteiger partial charge in [-0.2, -0.15) is 11.8 Å². The summed E-state index contributed by atoms with van der Waals surface area (Å²) >= 11 is 1.94. The Morgan fingerprint density at radius 1 is 1.47 bits per heavy atom. The van der Waals surface area contributed by atoms with Gasteiger partial charge in [-0.15, -0.1) is 0 Å². The van der Waals surface area contributed by atoms with E-state index in [2.05, 4.69) is 39.3 Å². The van der Waals surface area contributed by atoms with Crippen LogP contribution < -0.4 is 5.32 Å². The standard InChI is InChI=1S/C14H29NOS/c1-6-14(4)12(8-13(14)16-7-2)15-9-11(3)10-17-5/h11-13,15H,6-10H2,1-5H3. The largest absolute Gasteiger partial charge is 0.378 e. The number of hydrogen-bond acceptors (Lipinski definition) is 3. The van der Waals surface area contributed by atoms with Crippen molar-refractivity contribution in [3.8, 4) is 0 Å². The number of ether oxygens (including phenoxy) is 1. The zero-order chi connectivity index (χ0) is 12.9. The van der Waals surface area contributed by atoms with Crippen LogP contribution in [0.1, 0.15) is 40.5 Å². The first-order chi connectivity index (χ1) is 8.08. The summed E-state index contributed by atoms with van der Waals surface area (Å²) < 4.78 is 5.82. The van der Waals surface area contributed by atoms with Gasteiger partial charge in [-0.3, -0.25) is 0 Å². The molecule has 0 heterocycles. The normalized spacial score (nSPS) is 34.4. The summed E-state index contributed by atoms with van der Waals surface area (Å²) in [6.45, 7) is 11.1. The highest BCUT2D eigenvalue weighted by Crippen LogP contribution is 2.45. The Morgan fingerprint density at radius 3 is 2.71 bits per heavy atom. The van der Waals surface area contributed by atoms with Gasteiger partial charge in [0.2, 0.25) is 0 Å². The van der Waals surface area contributed by atoms with Gasteiger partial charge >= 0.3 is 0 Å². The topological polar surface area (TPSA) is 21.3 Å². The SMILES string of the molecule is CCOC1CC(NCC(C)CSC)C1(C)CC. The molecule has 1 fully saturated rings. The fourth-order valence-electron chi connectivity index (χ4n) is 2.75. The fraction of sp³-hybridized carbons (Fsp3) is 1.00. The lowest BCUT2D eigenvalue weighted by Gasteiger charge is -2.54. The zero-order valence-electron chi connectivity index (χ0n) is 12.1. The molecule has 0 aromatic carbocycles. The van der Waals surface area contributed by atoms with E-state index in [1.165, 1.54) is 18.6 Å². The van der Waals surface area contributed by atoms with Crippen LogP contribution in [0.3, 0.4) is 0 Å². The molecule has 4 unspecified atom stereocenters. The van der Waals surface area contributed by atoms with Gasteiger partial charge in [0.25, 0.3) is 0 Å². The van der Waals surface area contributed by atoms with Gasteiger partial charge in [0.05, 0.1) is 6.10 Å². The minimum atomic E-state index is 0.342. The van der Waals surface area contributed by atoms with E-state index >= 15 is 0 Å². The number of nitrogens with one attached hydrogen (secondary N) is 1. The van der Waals surface area contributed by atoms with E-state index in [0.717, 1.165) is 19.1 Å². The Balaban J connectivity index is 2.35. The summed E-state index contributed by atoms with van der Waals surface area (Å²) in [5.74, 6) is 2.01. The lowest BCUT2D eigenvalue weighted by Crippen LogP contribution is -2.62. The van der Waals surface area contributed by atoms with Crippen LogP contribution in [0.15, 0.2) is 0 Å². The smallest absolute Gasteiger partial charge is 0.0658 e. The van der Waals surface area contributed by atoms with Crippen LogP contribution in [0.25, 0.3) is 0 Å². The quantitative estimate of drug-likeness (QED) is 0.723. The van der Waals surface area contributed by atoms with Crippen molar-refractivity contribution in [1.29, 1.82) is 0 Å². The van der Waals surface area contributed by atoms with Crippen LogP contribution in [-0.4, -0.2) is 37.3 Å². The van der Waals surface area contributed by atoms with Crippen molar-refractivity contribution in [2.75, 3.05) is 25.2 Å². The van der Waals surface area contributed by atoms with Gasteiger partial charge in [-0.1, -0.05) is 20.8 Å². The van der Waals surface area contributed by atoms with Crippen LogP contribution in [0.4, 0.5) is 0 Å². The molecule has 0 aliphatic heterocycles. The van der Waals surface area contributed by atoms with Crippen LogP contribution in [0, 0.1) is 11.3 Å². The molecule has 0 aromatic rings. The Bertz CT molecular complexity index is 224. The van der Waals surface area contributed by atoms with E-state index in [1.54, 1.807) is 0 Å². The van der Waals surface area contributed by atoms with Crippen molar-refractivity contribution in [3.63, 3.8) is 0 Å². The minimum Gasteiger partial charge on any atom is -0.378 e. The molecule has 0 radical (unpaired) electrons. The van der Waals surface area contributed by atoms with Crippen LogP contribution in [-0.2, 0) is 4.74 Å². The van der Waals surface area contributed by atoms with Crippen LogP contribution in [0.2, 0.25) is 0 Å². The van der Waals surface area contributed by atoms with Crippen molar-refractivity contribution in [3.05, 3.63) is 0 Å². The molecule has 0 amide bonds. The van der Waals surface area contributed by atoms with Crippen molar-refractivity contribution < 1.29 is 4.74 Å². The first kappa shape index (κ1) is 15.3. The maximum atomic E-state index is 5.82. The van der Waals surface area contributed by atoms with Gasteiger partial charge in [0.1, 0.15) is 0 Å². The minimum absolute atomic E-state index is 0.342. The summed E-state index contributed by atoms with van der Waals surface area (Å²) in [6.07, 6.45) is 5.03. The van der Waals surface area contributed by atoms with E-state index in [0.29, 0.717) is 17.6 Å². The third kappa shape index (κ3) is 3.62. The van der Waals surface area contributed by atoms with E-state index < -0.39 is 0 Å². The first-order valence-corrected chi connectivity index (χ1v) is 8.31. The Labute approximate surface area is 111 Å². The van der Waals surface area contributed by atoms with Crippen molar-refractivity contribution in [1.82, 2.24) is 5.32 Å². The number of hydrogen-bond donors (Lipinski definition) is 1. The predicted octanol–water partition coefficient (Wildman–Crippen LogP) is 3.17. The van der Waals surface area contributed by atoms with E-state index in [1.807, 2.05) is 11.8 Å². The molecule has 1 saturated carbocycles. The van der Waals surface area contributed by atoms with Gasteiger partial charge in [-0.25, -0.2) is 0 Å². The lowest BCUT2D eigenvalue weighted by molar-refractivity contribution is -0.126. The molecule has 3 heteroatoms. The molecule has 102 valence electrons. The molecular weight excluding hydrogens is 230 g/mol. The molecule has 0 bridgehead atoms. The average molecular weight is 259 g/mol. The van der Waals surface area contributed by atoms with E-state index in [9.17, 15) is 0 Å². The number of rotatable bonds is 8. The first-order valence-electron chi connectivity index (χ1n) is 6.92. The second kappa shape index (κ2) is 7.01. The summed E-state index contributed by atoms with van der Waals surface area (Å²) in [5.41, 5.74) is 0.342. The average Bonchev–Trinajstić information content (AvgIpc) is 2.32. The second-order valence-electron chi connectivity index (χ2n) is 5.56. The van der Waals surface area contributed by atoms with Gasteiger partial charge in [0, 0.05) is 18.1 Å². The van der Waals surface area contributed by atoms with Crippen molar-refractivity contribution in [2.24, 2.45) is 11.3 Å². The van der Waals surface area contributed by atoms with Crippen LogP contribution in [0.5, 0.6) is 0 Å². The van der Waals surface area contributed by atoms with Crippen LogP contribution >= 0.6 is 11.8 Å². The molecule has 0 spiro atoms. The zero-order valence-corrected chi connectivity index (χ0v) is 12.9. The summed E-state index contributed by atoms with van der Waals surface area (Å²) in [4.78, 5) is 0. The maximum absolute atomic E-state index is 5.82. The third-order valence-electron chi connectivity index (χ3n) is 4.27. The molecule has 1 rings (SSSR count). The molecule has 4 atom stereocenters. The molecule has 1 N–H and O–H groups in total. The maximum Gasteiger partial charge on any atom is 0.0658 e. The summed E-state index contributed by atoms with van der Waals surface area (Å²) in [5, 5.41) is 3.74. The van der Waals surface area contributed by atoms with Gasteiger partial charge in [0.15, 0.2) is 0 Å². The van der Waals surface area contributed by atoms with Crippen molar-refractivity contribution >= 4 is 11.8 Å². The molecule has 0 saturated heterocycles. The Kier molecular flexibility index (Phi) is 6.32. The second-order valence-corrected chi connectivity index (χ2v) is 6.47. The monoisotopic (exact) mass is 259 g/mol. The highest BCUT2D eigenvalue weighted by Gasteiger charge is 2.50. The third-order valence-corrected chi connectivity index (χ3v) is 5.18. The molecule has 1 aliphatic carbocycles. The van der Waals surface area contributed by atoms with Gasteiger partial charge in [-0.05, 0) is 44.2 Å². The van der Waals surface area contributed by atoms with E-state index in [-0.39, 0.29) is 0 Å². The van der Waals surface area contributed by atoms with Gasteiger partial charge < -0.3 is 10.1 Å². The Hall–Kier alpha value is 0.270.